The van der Waals surface area contributed by atoms with Gasteiger partial charge in [-0.25, -0.2) is 17.8 Å². The monoisotopic (exact) mass is 400 g/mol. The Morgan fingerprint density at radius 2 is 2.00 bits per heavy atom. The summed E-state index contributed by atoms with van der Waals surface area (Å²) < 4.78 is 43.7. The van der Waals surface area contributed by atoms with Crippen molar-refractivity contribution in [3.8, 4) is 0 Å². The second-order valence-electron chi connectivity index (χ2n) is 6.77. The van der Waals surface area contributed by atoms with Gasteiger partial charge in [0.05, 0.1) is 16.8 Å². The van der Waals surface area contributed by atoms with Gasteiger partial charge in [0.2, 0.25) is 0 Å². The molecular formula is C18H22ClFN2O3S. The van der Waals surface area contributed by atoms with Crippen molar-refractivity contribution < 1.29 is 17.5 Å². The Labute approximate surface area is 157 Å². The molecule has 1 aromatic carbocycles. The van der Waals surface area contributed by atoms with Gasteiger partial charge in [-0.3, -0.25) is 0 Å². The number of H-pyrrole nitrogens is 1. The summed E-state index contributed by atoms with van der Waals surface area (Å²) in [6, 6.07) is 4.37. The van der Waals surface area contributed by atoms with Crippen LogP contribution in [0.1, 0.15) is 55.3 Å². The second-order valence-corrected chi connectivity index (χ2v) is 9.11. The molecule has 2 aromatic rings. The van der Waals surface area contributed by atoms with E-state index in [2.05, 4.69) is 9.97 Å². The van der Waals surface area contributed by atoms with Crippen LogP contribution in [-0.4, -0.2) is 30.7 Å². The van der Waals surface area contributed by atoms with Crippen molar-refractivity contribution in [3.05, 3.63) is 46.1 Å². The number of imidazole rings is 1. The average Bonchev–Trinajstić information content (AvgIpc) is 2.98. The summed E-state index contributed by atoms with van der Waals surface area (Å²) in [6.07, 6.45) is 5.76. The number of hydrogen-bond acceptors (Lipinski definition) is 4. The largest absolute Gasteiger partial charge is 0.362 e. The van der Waals surface area contributed by atoms with Gasteiger partial charge in [0.25, 0.3) is 0 Å². The predicted octanol–water partition coefficient (Wildman–Crippen LogP) is 4.35. The highest BCUT2D eigenvalue weighted by atomic mass is 35.5. The van der Waals surface area contributed by atoms with E-state index in [1.165, 1.54) is 18.6 Å². The Kier molecular flexibility index (Phi) is 5.69. The molecule has 0 radical (unpaired) electrons. The SMILES string of the molecule is Cc1[nH]c([C@H](OC2CCCCC2)c2ccc(F)c(Cl)c2)nc1S(C)(=O)=O. The van der Waals surface area contributed by atoms with Gasteiger partial charge in [-0.1, -0.05) is 36.9 Å². The highest BCUT2D eigenvalue weighted by Gasteiger charge is 2.27. The van der Waals surface area contributed by atoms with Crippen molar-refractivity contribution in [1.82, 2.24) is 9.97 Å². The van der Waals surface area contributed by atoms with E-state index in [4.69, 9.17) is 16.3 Å². The molecule has 0 spiro atoms. The maximum atomic E-state index is 13.6. The minimum absolute atomic E-state index is 0.00190. The third-order valence-corrected chi connectivity index (χ3v) is 5.97. The van der Waals surface area contributed by atoms with Crippen LogP contribution in [0.25, 0.3) is 0 Å². The molecule has 26 heavy (non-hydrogen) atoms. The maximum Gasteiger partial charge on any atom is 0.194 e. The summed E-state index contributed by atoms with van der Waals surface area (Å²) in [5.41, 5.74) is 1.09. The number of ether oxygens (including phenoxy) is 1. The Bertz CT molecular complexity index is 892. The molecule has 0 aliphatic heterocycles. The number of aromatic amines is 1. The molecule has 0 saturated heterocycles. The quantitative estimate of drug-likeness (QED) is 0.809. The fourth-order valence-corrected chi connectivity index (χ4v) is 4.38. The van der Waals surface area contributed by atoms with Crippen LogP contribution in [0, 0.1) is 12.7 Å². The first-order valence-corrected chi connectivity index (χ1v) is 10.9. The Balaban J connectivity index is 2.00. The molecule has 1 aromatic heterocycles. The molecule has 1 N–H and O–H groups in total. The second kappa shape index (κ2) is 7.66. The fourth-order valence-electron chi connectivity index (χ4n) is 3.32. The lowest BCUT2D eigenvalue weighted by molar-refractivity contribution is -0.0155. The Morgan fingerprint density at radius 3 is 2.58 bits per heavy atom. The topological polar surface area (TPSA) is 72.0 Å². The molecule has 1 heterocycles. The van der Waals surface area contributed by atoms with Crippen molar-refractivity contribution >= 4 is 21.4 Å². The molecular weight excluding hydrogens is 379 g/mol. The average molecular weight is 401 g/mol. The number of sulfone groups is 1. The number of hydrogen-bond donors (Lipinski definition) is 1. The molecule has 1 aliphatic rings. The van der Waals surface area contributed by atoms with E-state index in [-0.39, 0.29) is 16.2 Å². The van der Waals surface area contributed by atoms with Crippen molar-refractivity contribution in [2.45, 2.75) is 56.3 Å². The standard InChI is InChI=1S/C18H22ClFN2O3S/c1-11-18(26(2,23)24)22-17(21-11)16(25-13-6-4-3-5-7-13)12-8-9-15(20)14(19)10-12/h8-10,13,16H,3-7H2,1-2H3,(H,21,22)/t16-/m1/s1. The van der Waals surface area contributed by atoms with Crippen LogP contribution < -0.4 is 0 Å². The molecule has 5 nitrogen and oxygen atoms in total. The van der Waals surface area contributed by atoms with Crippen molar-refractivity contribution in [3.63, 3.8) is 0 Å². The number of rotatable bonds is 5. The third kappa shape index (κ3) is 4.27. The summed E-state index contributed by atoms with van der Waals surface area (Å²) in [7, 11) is -3.46. The lowest BCUT2D eigenvalue weighted by Gasteiger charge is -2.27. The smallest absolute Gasteiger partial charge is 0.194 e. The molecule has 1 fully saturated rings. The molecule has 0 bridgehead atoms. The Hall–Kier alpha value is -1.44. The first-order chi connectivity index (χ1) is 12.3. The van der Waals surface area contributed by atoms with Crippen LogP contribution in [0.4, 0.5) is 4.39 Å². The molecule has 1 atom stereocenters. The summed E-state index contributed by atoms with van der Waals surface area (Å²) in [5, 5.41) is -0.00990. The minimum atomic E-state index is -3.46. The number of benzene rings is 1. The molecule has 8 heteroatoms. The number of aromatic nitrogens is 2. The van der Waals surface area contributed by atoms with Gasteiger partial charge in [0, 0.05) is 6.26 Å². The minimum Gasteiger partial charge on any atom is -0.362 e. The predicted molar refractivity (Wildman–Crippen MR) is 97.6 cm³/mol. The fraction of sp³-hybridized carbons (Fsp3) is 0.500. The summed E-state index contributed by atoms with van der Waals surface area (Å²) in [6.45, 7) is 1.65. The maximum absolute atomic E-state index is 13.6. The van der Waals surface area contributed by atoms with Gasteiger partial charge < -0.3 is 9.72 Å². The van der Waals surface area contributed by atoms with E-state index >= 15 is 0 Å². The van der Waals surface area contributed by atoms with Crippen LogP contribution >= 0.6 is 11.6 Å². The van der Waals surface area contributed by atoms with Gasteiger partial charge in [-0.05, 0) is 37.5 Å². The highest BCUT2D eigenvalue weighted by molar-refractivity contribution is 7.90. The van der Waals surface area contributed by atoms with Gasteiger partial charge >= 0.3 is 0 Å². The van der Waals surface area contributed by atoms with E-state index in [0.717, 1.165) is 31.9 Å². The number of halogens is 2. The van der Waals surface area contributed by atoms with Crippen LogP contribution in [0.3, 0.4) is 0 Å². The molecule has 1 aliphatic carbocycles. The third-order valence-electron chi connectivity index (χ3n) is 4.59. The van der Waals surface area contributed by atoms with E-state index in [9.17, 15) is 12.8 Å². The highest BCUT2D eigenvalue weighted by Crippen LogP contribution is 2.33. The summed E-state index contributed by atoms with van der Waals surface area (Å²) in [5.74, 6) is -0.129. The summed E-state index contributed by atoms with van der Waals surface area (Å²) >= 11 is 5.94. The number of nitrogens with one attached hydrogen (secondary N) is 1. The van der Waals surface area contributed by atoms with Gasteiger partial charge in [-0.15, -0.1) is 0 Å². The molecule has 1 saturated carbocycles. The zero-order valence-corrected chi connectivity index (χ0v) is 16.3. The van der Waals surface area contributed by atoms with E-state index in [0.29, 0.717) is 17.1 Å². The van der Waals surface area contributed by atoms with Crippen molar-refractivity contribution in [1.29, 1.82) is 0 Å². The molecule has 3 rings (SSSR count). The first kappa shape index (κ1) is 19.3. The van der Waals surface area contributed by atoms with Crippen LogP contribution in [0.15, 0.2) is 23.2 Å². The van der Waals surface area contributed by atoms with E-state index in [1.807, 2.05) is 0 Å². The van der Waals surface area contributed by atoms with Crippen molar-refractivity contribution in [2.75, 3.05) is 6.26 Å². The number of nitrogens with zero attached hydrogens (tertiary/aromatic N) is 1. The van der Waals surface area contributed by atoms with Crippen LogP contribution in [0.2, 0.25) is 5.02 Å². The van der Waals surface area contributed by atoms with Gasteiger partial charge in [0.1, 0.15) is 17.7 Å². The van der Waals surface area contributed by atoms with Gasteiger partial charge in [0.15, 0.2) is 14.9 Å². The van der Waals surface area contributed by atoms with Crippen LogP contribution in [-0.2, 0) is 14.6 Å². The lowest BCUT2D eigenvalue weighted by atomic mass is 9.97. The molecule has 0 unspecified atom stereocenters. The zero-order chi connectivity index (χ0) is 18.9. The summed E-state index contributed by atoms with van der Waals surface area (Å²) in [4.78, 5) is 7.29. The Morgan fingerprint density at radius 1 is 1.31 bits per heavy atom. The zero-order valence-electron chi connectivity index (χ0n) is 14.8. The number of aryl methyl sites for hydroxylation is 1. The van der Waals surface area contributed by atoms with Gasteiger partial charge in [-0.2, -0.15) is 0 Å². The van der Waals surface area contributed by atoms with E-state index in [1.54, 1.807) is 13.0 Å². The van der Waals surface area contributed by atoms with E-state index < -0.39 is 21.8 Å². The van der Waals surface area contributed by atoms with Crippen molar-refractivity contribution in [2.24, 2.45) is 0 Å². The normalized spacial score (nSPS) is 17.4. The lowest BCUT2D eigenvalue weighted by Crippen LogP contribution is -2.21. The first-order valence-electron chi connectivity index (χ1n) is 8.62. The molecule has 142 valence electrons. The molecule has 0 amide bonds. The van der Waals surface area contributed by atoms with Crippen LogP contribution in [0.5, 0.6) is 0 Å².